The third-order valence-corrected chi connectivity index (χ3v) is 2.32. The van der Waals surface area contributed by atoms with Crippen molar-refractivity contribution in [1.82, 2.24) is 0 Å². The standard InChI is InChI=1S/C13H26/c1-6-8-9-12(7-2)10-11-13(3,4)5/h10-12H,6-9H2,1-5H3/b11-10+. The second-order valence-electron chi connectivity index (χ2n) is 5.04. The van der Waals surface area contributed by atoms with Gasteiger partial charge in [-0.25, -0.2) is 0 Å². The van der Waals surface area contributed by atoms with E-state index < -0.39 is 0 Å². The molecule has 0 radical (unpaired) electrons. The van der Waals surface area contributed by atoms with Gasteiger partial charge in [0.1, 0.15) is 0 Å². The summed E-state index contributed by atoms with van der Waals surface area (Å²) in [5, 5.41) is 0. The molecule has 0 heterocycles. The highest BCUT2D eigenvalue weighted by Crippen LogP contribution is 2.20. The Morgan fingerprint density at radius 3 is 2.15 bits per heavy atom. The highest BCUT2D eigenvalue weighted by molar-refractivity contribution is 4.95. The van der Waals surface area contributed by atoms with Crippen molar-refractivity contribution in [2.45, 2.75) is 60.3 Å². The predicted molar refractivity (Wildman–Crippen MR) is 61.9 cm³/mol. The van der Waals surface area contributed by atoms with Gasteiger partial charge in [-0.1, -0.05) is 59.6 Å². The number of rotatable bonds is 5. The first-order valence-corrected chi connectivity index (χ1v) is 5.69. The summed E-state index contributed by atoms with van der Waals surface area (Å²) in [5.41, 5.74) is 0.347. The fraction of sp³-hybridized carbons (Fsp3) is 0.846. The van der Waals surface area contributed by atoms with Crippen molar-refractivity contribution in [3.63, 3.8) is 0 Å². The van der Waals surface area contributed by atoms with Gasteiger partial charge in [-0.05, 0) is 24.2 Å². The average Bonchev–Trinajstić information content (AvgIpc) is 2.03. The molecule has 0 nitrogen and oxygen atoms in total. The monoisotopic (exact) mass is 182 g/mol. The Morgan fingerprint density at radius 2 is 1.77 bits per heavy atom. The summed E-state index contributed by atoms with van der Waals surface area (Å²) in [6.45, 7) is 11.3. The largest absolute Gasteiger partial charge is 0.0849 e. The van der Waals surface area contributed by atoms with Crippen molar-refractivity contribution in [3.05, 3.63) is 12.2 Å². The van der Waals surface area contributed by atoms with Crippen molar-refractivity contribution in [2.75, 3.05) is 0 Å². The molecule has 0 aromatic rings. The van der Waals surface area contributed by atoms with Crippen LogP contribution in [0.15, 0.2) is 12.2 Å². The molecule has 0 aliphatic heterocycles. The Labute approximate surface area is 84.4 Å². The molecule has 1 unspecified atom stereocenters. The van der Waals surface area contributed by atoms with Crippen LogP contribution in [0.5, 0.6) is 0 Å². The van der Waals surface area contributed by atoms with Crippen molar-refractivity contribution >= 4 is 0 Å². The maximum atomic E-state index is 2.41. The molecule has 78 valence electrons. The number of unbranched alkanes of at least 4 members (excludes halogenated alkanes) is 1. The van der Waals surface area contributed by atoms with E-state index in [1.54, 1.807) is 0 Å². The first-order chi connectivity index (χ1) is 5.99. The lowest BCUT2D eigenvalue weighted by Crippen LogP contribution is -2.01. The molecule has 0 rings (SSSR count). The van der Waals surface area contributed by atoms with Crippen LogP contribution in [-0.4, -0.2) is 0 Å². The zero-order chi connectivity index (χ0) is 10.3. The molecule has 0 saturated heterocycles. The van der Waals surface area contributed by atoms with Crippen molar-refractivity contribution in [2.24, 2.45) is 11.3 Å². The van der Waals surface area contributed by atoms with Crippen LogP contribution in [0.1, 0.15) is 60.3 Å². The van der Waals surface area contributed by atoms with E-state index in [1.807, 2.05) is 0 Å². The second-order valence-corrected chi connectivity index (χ2v) is 5.04. The topological polar surface area (TPSA) is 0 Å². The zero-order valence-corrected chi connectivity index (χ0v) is 10.1. The average molecular weight is 182 g/mol. The van der Waals surface area contributed by atoms with Gasteiger partial charge in [0.05, 0.1) is 0 Å². The lowest BCUT2D eigenvalue weighted by molar-refractivity contribution is 0.509. The molecule has 0 aliphatic carbocycles. The third-order valence-electron chi connectivity index (χ3n) is 2.32. The Bertz CT molecular complexity index is 137. The van der Waals surface area contributed by atoms with Gasteiger partial charge in [0.25, 0.3) is 0 Å². The SMILES string of the molecule is CCCCC(/C=C/C(C)(C)C)CC. The Morgan fingerprint density at radius 1 is 1.15 bits per heavy atom. The highest BCUT2D eigenvalue weighted by atomic mass is 14.1. The fourth-order valence-electron chi connectivity index (χ4n) is 1.33. The molecule has 0 aromatic heterocycles. The van der Waals surface area contributed by atoms with Crippen LogP contribution in [0, 0.1) is 11.3 Å². The summed E-state index contributed by atoms with van der Waals surface area (Å²) in [6, 6.07) is 0. The Balaban J connectivity index is 3.89. The lowest BCUT2D eigenvalue weighted by atomic mass is 9.91. The molecule has 0 heteroatoms. The van der Waals surface area contributed by atoms with Crippen LogP contribution >= 0.6 is 0 Å². The highest BCUT2D eigenvalue weighted by Gasteiger charge is 2.06. The normalized spacial score (nSPS) is 15.2. The summed E-state index contributed by atoms with van der Waals surface area (Å²) in [6.07, 6.45) is 10.1. The minimum absolute atomic E-state index is 0.347. The third kappa shape index (κ3) is 8.08. The van der Waals surface area contributed by atoms with E-state index in [2.05, 4.69) is 46.8 Å². The molecule has 0 aromatic carbocycles. The van der Waals surface area contributed by atoms with Gasteiger partial charge in [-0.15, -0.1) is 0 Å². The molecule has 0 fully saturated rings. The first kappa shape index (κ1) is 12.7. The quantitative estimate of drug-likeness (QED) is 0.535. The molecule has 0 amide bonds. The molecule has 1 atom stereocenters. The molecule has 0 bridgehead atoms. The molecular weight excluding hydrogens is 156 g/mol. The second kappa shape index (κ2) is 6.23. The maximum Gasteiger partial charge on any atom is -0.0203 e. The van der Waals surface area contributed by atoms with Gasteiger partial charge in [-0.2, -0.15) is 0 Å². The van der Waals surface area contributed by atoms with Crippen LogP contribution in [0.2, 0.25) is 0 Å². The van der Waals surface area contributed by atoms with Crippen molar-refractivity contribution in [1.29, 1.82) is 0 Å². The predicted octanol–water partition coefficient (Wildman–Crippen LogP) is 4.81. The van der Waals surface area contributed by atoms with Gasteiger partial charge in [-0.3, -0.25) is 0 Å². The molecule has 13 heavy (non-hydrogen) atoms. The van der Waals surface area contributed by atoms with Crippen LogP contribution in [-0.2, 0) is 0 Å². The number of hydrogen-bond donors (Lipinski definition) is 0. The van der Waals surface area contributed by atoms with E-state index in [1.165, 1.54) is 25.7 Å². The first-order valence-electron chi connectivity index (χ1n) is 5.69. The van der Waals surface area contributed by atoms with E-state index >= 15 is 0 Å². The summed E-state index contributed by atoms with van der Waals surface area (Å²) in [7, 11) is 0. The van der Waals surface area contributed by atoms with E-state index in [9.17, 15) is 0 Å². The van der Waals surface area contributed by atoms with E-state index in [-0.39, 0.29) is 0 Å². The smallest absolute Gasteiger partial charge is 0.0203 e. The van der Waals surface area contributed by atoms with Gasteiger partial charge in [0.15, 0.2) is 0 Å². The number of hydrogen-bond acceptors (Lipinski definition) is 0. The number of allylic oxidation sites excluding steroid dienone is 2. The maximum absolute atomic E-state index is 2.41. The lowest BCUT2D eigenvalue weighted by Gasteiger charge is -2.15. The van der Waals surface area contributed by atoms with Crippen molar-refractivity contribution < 1.29 is 0 Å². The van der Waals surface area contributed by atoms with Gasteiger partial charge in [0, 0.05) is 0 Å². The van der Waals surface area contributed by atoms with Crippen LogP contribution in [0.3, 0.4) is 0 Å². The van der Waals surface area contributed by atoms with Gasteiger partial charge < -0.3 is 0 Å². The van der Waals surface area contributed by atoms with Gasteiger partial charge >= 0.3 is 0 Å². The van der Waals surface area contributed by atoms with Gasteiger partial charge in [0.2, 0.25) is 0 Å². The minimum atomic E-state index is 0.347. The summed E-state index contributed by atoms with van der Waals surface area (Å²) < 4.78 is 0. The van der Waals surface area contributed by atoms with E-state index in [0.717, 1.165) is 5.92 Å². The van der Waals surface area contributed by atoms with E-state index in [0.29, 0.717) is 5.41 Å². The van der Waals surface area contributed by atoms with Crippen molar-refractivity contribution in [3.8, 4) is 0 Å². The summed E-state index contributed by atoms with van der Waals surface area (Å²) >= 11 is 0. The molecular formula is C13H26. The zero-order valence-electron chi connectivity index (χ0n) is 10.1. The summed E-state index contributed by atoms with van der Waals surface area (Å²) in [4.78, 5) is 0. The molecule has 0 N–H and O–H groups in total. The Hall–Kier alpha value is -0.260. The molecule has 0 spiro atoms. The Kier molecular flexibility index (Phi) is 6.11. The minimum Gasteiger partial charge on any atom is -0.0849 e. The van der Waals surface area contributed by atoms with E-state index in [4.69, 9.17) is 0 Å². The fourth-order valence-corrected chi connectivity index (χ4v) is 1.33. The van der Waals surface area contributed by atoms with Crippen LogP contribution < -0.4 is 0 Å². The molecule has 0 aliphatic rings. The van der Waals surface area contributed by atoms with Crippen LogP contribution in [0.4, 0.5) is 0 Å². The summed E-state index contributed by atoms with van der Waals surface area (Å²) in [5.74, 6) is 0.805. The molecule has 0 saturated carbocycles. The van der Waals surface area contributed by atoms with Crippen LogP contribution in [0.25, 0.3) is 0 Å².